The molecule has 1 atom stereocenters. The fourth-order valence-corrected chi connectivity index (χ4v) is 3.00. The Morgan fingerprint density at radius 1 is 0.636 bits per heavy atom. The van der Waals surface area contributed by atoms with E-state index in [0.717, 1.165) is 6.42 Å². The minimum Gasteiger partial charge on any atom is -0.198 e. The Balaban J connectivity index is 2.99. The van der Waals surface area contributed by atoms with Gasteiger partial charge in [-0.05, 0) is 13.3 Å². The molecule has 0 fully saturated rings. The maximum absolute atomic E-state index is 8.65. The second kappa shape index (κ2) is 18.5. The first-order valence-electron chi connectivity index (χ1n) is 10.0. The molecule has 0 saturated carbocycles. The van der Waals surface area contributed by atoms with Gasteiger partial charge in [0.25, 0.3) is 0 Å². The van der Waals surface area contributed by atoms with Crippen LogP contribution in [0, 0.1) is 24.2 Å². The van der Waals surface area contributed by atoms with E-state index in [1.807, 2.05) is 0 Å². The van der Waals surface area contributed by atoms with E-state index < -0.39 is 0 Å². The Morgan fingerprint density at radius 3 is 1.27 bits per heavy atom. The molecule has 0 N–H and O–H groups in total. The van der Waals surface area contributed by atoms with Crippen molar-refractivity contribution < 1.29 is 0 Å². The van der Waals surface area contributed by atoms with Gasteiger partial charge in [-0.15, -0.1) is 0 Å². The molecular formula is C21H40N. The van der Waals surface area contributed by atoms with E-state index in [1.54, 1.807) is 0 Å². The van der Waals surface area contributed by atoms with Gasteiger partial charge in [0.1, 0.15) is 0 Å². The van der Waals surface area contributed by atoms with Gasteiger partial charge in [-0.3, -0.25) is 0 Å². The lowest BCUT2D eigenvalue weighted by Gasteiger charge is -2.04. The average Bonchev–Trinajstić information content (AvgIpc) is 2.54. The third-order valence-electron chi connectivity index (χ3n) is 4.59. The second-order valence-electron chi connectivity index (χ2n) is 6.92. The topological polar surface area (TPSA) is 23.8 Å². The first kappa shape index (κ1) is 21.5. The summed E-state index contributed by atoms with van der Waals surface area (Å²) < 4.78 is 0. The minimum absolute atomic E-state index is 0.00615. The van der Waals surface area contributed by atoms with Gasteiger partial charge in [-0.25, -0.2) is 0 Å². The zero-order chi connectivity index (χ0) is 16.3. The molecule has 0 saturated heterocycles. The Labute approximate surface area is 140 Å². The first-order chi connectivity index (χ1) is 10.8. The highest BCUT2D eigenvalue weighted by atomic mass is 14.3. The summed E-state index contributed by atoms with van der Waals surface area (Å²) in [4.78, 5) is 0. The normalized spacial score (nSPS) is 12.2. The Bertz CT molecular complexity index is 241. The Morgan fingerprint density at radius 2 is 0.955 bits per heavy atom. The Hall–Kier alpha value is -0.510. The van der Waals surface area contributed by atoms with Gasteiger partial charge in [0, 0.05) is 5.92 Å². The van der Waals surface area contributed by atoms with Gasteiger partial charge < -0.3 is 0 Å². The van der Waals surface area contributed by atoms with Crippen molar-refractivity contribution >= 4 is 0 Å². The lowest BCUT2D eigenvalue weighted by atomic mass is 10.0. The van der Waals surface area contributed by atoms with Crippen molar-refractivity contribution in [1.82, 2.24) is 0 Å². The molecule has 1 unspecified atom stereocenters. The largest absolute Gasteiger partial charge is 0.198 e. The Kier molecular flexibility index (Phi) is 18.1. The number of rotatable bonds is 17. The lowest BCUT2D eigenvalue weighted by molar-refractivity contribution is 0.523. The van der Waals surface area contributed by atoms with Gasteiger partial charge in [-0.2, -0.15) is 5.26 Å². The van der Waals surface area contributed by atoms with Crippen LogP contribution >= 0.6 is 0 Å². The van der Waals surface area contributed by atoms with Crippen LogP contribution in [0.2, 0.25) is 0 Å². The smallest absolute Gasteiger partial charge is 0.0655 e. The zero-order valence-electron chi connectivity index (χ0n) is 15.3. The predicted molar refractivity (Wildman–Crippen MR) is 98.6 cm³/mol. The molecule has 0 aliphatic carbocycles. The summed E-state index contributed by atoms with van der Waals surface area (Å²) in [6, 6.07) is 2.21. The number of hydrogen-bond acceptors (Lipinski definition) is 1. The van der Waals surface area contributed by atoms with Crippen molar-refractivity contribution in [3.8, 4) is 6.07 Å². The zero-order valence-corrected chi connectivity index (χ0v) is 15.3. The standard InChI is InChI=1S/C21H40N/c1-3-4-5-6-7-8-9-10-11-12-13-14-15-16-17-18-19-21(2)20-22/h21H,2-19H2,1H3. The van der Waals surface area contributed by atoms with E-state index in [-0.39, 0.29) is 5.92 Å². The van der Waals surface area contributed by atoms with E-state index in [9.17, 15) is 0 Å². The molecule has 0 rings (SSSR count). The SMILES string of the molecule is [CH2]C(C#N)CCCCCCCCCCCCCCCCCC. The van der Waals surface area contributed by atoms with E-state index in [1.165, 1.54) is 103 Å². The molecule has 0 spiro atoms. The molecule has 1 radical (unpaired) electrons. The molecule has 0 aliphatic heterocycles. The van der Waals surface area contributed by atoms with Crippen LogP contribution in [0.5, 0.6) is 0 Å². The molecule has 0 amide bonds. The molecule has 1 nitrogen and oxygen atoms in total. The molecule has 0 bridgehead atoms. The summed E-state index contributed by atoms with van der Waals surface area (Å²) in [6.45, 7) is 6.09. The molecule has 1 heteroatoms. The van der Waals surface area contributed by atoms with Crippen molar-refractivity contribution in [3.63, 3.8) is 0 Å². The van der Waals surface area contributed by atoms with Gasteiger partial charge in [0.15, 0.2) is 0 Å². The van der Waals surface area contributed by atoms with Crippen molar-refractivity contribution in [2.24, 2.45) is 5.92 Å². The van der Waals surface area contributed by atoms with Gasteiger partial charge in [0.2, 0.25) is 0 Å². The van der Waals surface area contributed by atoms with Crippen LogP contribution in [0.4, 0.5) is 0 Å². The maximum Gasteiger partial charge on any atom is 0.0655 e. The highest BCUT2D eigenvalue weighted by Crippen LogP contribution is 2.14. The van der Waals surface area contributed by atoms with Crippen LogP contribution in [0.15, 0.2) is 0 Å². The van der Waals surface area contributed by atoms with Crippen LogP contribution < -0.4 is 0 Å². The van der Waals surface area contributed by atoms with Crippen LogP contribution in [0.3, 0.4) is 0 Å². The van der Waals surface area contributed by atoms with E-state index in [2.05, 4.69) is 19.9 Å². The predicted octanol–water partition coefficient (Wildman–Crippen LogP) is 7.61. The average molecular weight is 307 g/mol. The molecule has 0 aromatic carbocycles. The first-order valence-corrected chi connectivity index (χ1v) is 10.0. The summed E-state index contributed by atoms with van der Waals surface area (Å²) >= 11 is 0. The van der Waals surface area contributed by atoms with Crippen LogP contribution in [0.1, 0.15) is 116 Å². The molecular weight excluding hydrogens is 266 g/mol. The highest BCUT2D eigenvalue weighted by Gasteiger charge is 1.99. The van der Waals surface area contributed by atoms with Gasteiger partial charge in [0.05, 0.1) is 6.07 Å². The summed E-state index contributed by atoms with van der Waals surface area (Å²) in [7, 11) is 0. The van der Waals surface area contributed by atoms with E-state index >= 15 is 0 Å². The lowest BCUT2D eigenvalue weighted by Crippen LogP contribution is -1.90. The number of nitriles is 1. The minimum atomic E-state index is 0.00615. The van der Waals surface area contributed by atoms with Crippen molar-refractivity contribution in [1.29, 1.82) is 5.26 Å². The molecule has 129 valence electrons. The van der Waals surface area contributed by atoms with Gasteiger partial charge in [-0.1, -0.05) is 110 Å². The third-order valence-corrected chi connectivity index (χ3v) is 4.59. The molecule has 0 aromatic rings. The quantitative estimate of drug-likeness (QED) is 0.254. The molecule has 0 aliphatic rings. The summed E-state index contributed by atoms with van der Waals surface area (Å²) in [5.41, 5.74) is 0. The second-order valence-corrected chi connectivity index (χ2v) is 6.92. The number of hydrogen-bond donors (Lipinski definition) is 0. The maximum atomic E-state index is 8.65. The number of unbranched alkanes of at least 4 members (excludes halogenated alkanes) is 15. The van der Waals surface area contributed by atoms with Gasteiger partial charge >= 0.3 is 0 Å². The summed E-state index contributed by atoms with van der Waals surface area (Å²) in [6.07, 6.45) is 23.4. The van der Waals surface area contributed by atoms with Crippen molar-refractivity contribution in [2.75, 3.05) is 0 Å². The fourth-order valence-electron chi connectivity index (χ4n) is 3.00. The molecule has 22 heavy (non-hydrogen) atoms. The molecule has 0 heterocycles. The highest BCUT2D eigenvalue weighted by molar-refractivity contribution is 4.83. The van der Waals surface area contributed by atoms with Crippen LogP contribution in [0.25, 0.3) is 0 Å². The van der Waals surface area contributed by atoms with Crippen LogP contribution in [-0.2, 0) is 0 Å². The van der Waals surface area contributed by atoms with Crippen molar-refractivity contribution in [3.05, 3.63) is 6.92 Å². The molecule has 0 aromatic heterocycles. The summed E-state index contributed by atoms with van der Waals surface area (Å²) in [5, 5.41) is 8.65. The third kappa shape index (κ3) is 17.5. The summed E-state index contributed by atoms with van der Waals surface area (Å²) in [5.74, 6) is 0.00615. The fraction of sp³-hybridized carbons (Fsp3) is 0.905. The van der Waals surface area contributed by atoms with E-state index in [0.29, 0.717) is 0 Å². The van der Waals surface area contributed by atoms with Crippen molar-refractivity contribution in [2.45, 2.75) is 116 Å². The number of nitrogens with zero attached hydrogens (tertiary/aromatic N) is 1. The van der Waals surface area contributed by atoms with Crippen LogP contribution in [-0.4, -0.2) is 0 Å². The van der Waals surface area contributed by atoms with E-state index in [4.69, 9.17) is 5.26 Å². The monoisotopic (exact) mass is 306 g/mol.